The van der Waals surface area contributed by atoms with Crippen LogP contribution in [0, 0.1) is 0 Å². The van der Waals surface area contributed by atoms with E-state index in [1.807, 2.05) is 24.1 Å². The van der Waals surface area contributed by atoms with Crippen LogP contribution in [0.1, 0.15) is 80.6 Å². The van der Waals surface area contributed by atoms with Crippen LogP contribution in [0.2, 0.25) is 0 Å². The van der Waals surface area contributed by atoms with Crippen molar-refractivity contribution in [1.82, 2.24) is 20.0 Å². The average molecular weight is 597 g/mol. The van der Waals surface area contributed by atoms with E-state index in [9.17, 15) is 9.35 Å². The molecular formula is C32H48N6O3S. The monoisotopic (exact) mass is 596 g/mol. The van der Waals surface area contributed by atoms with Gasteiger partial charge in [0.05, 0.1) is 0 Å². The lowest BCUT2D eigenvalue weighted by Crippen LogP contribution is -2.63. The molecule has 42 heavy (non-hydrogen) atoms. The van der Waals surface area contributed by atoms with Crippen molar-refractivity contribution in [3.8, 4) is 0 Å². The molecular weight excluding hydrogens is 548 g/mol. The van der Waals surface area contributed by atoms with E-state index in [0.29, 0.717) is 23.8 Å². The van der Waals surface area contributed by atoms with Crippen molar-refractivity contribution >= 4 is 28.9 Å². The quantitative estimate of drug-likeness (QED) is 0.537. The third-order valence-electron chi connectivity index (χ3n) is 10.8. The van der Waals surface area contributed by atoms with E-state index in [0.717, 1.165) is 102 Å². The van der Waals surface area contributed by atoms with Gasteiger partial charge in [-0.3, -0.25) is 4.79 Å². The highest BCUT2D eigenvalue weighted by atomic mass is 32.2. The van der Waals surface area contributed by atoms with Crippen LogP contribution >= 0.6 is 0 Å². The first-order chi connectivity index (χ1) is 20.2. The fourth-order valence-electron chi connectivity index (χ4n) is 7.37. The number of amidine groups is 1. The molecule has 0 bridgehead atoms. The van der Waals surface area contributed by atoms with Crippen molar-refractivity contribution in [2.24, 2.45) is 9.98 Å². The topological polar surface area (TPSA) is 95.8 Å². The third-order valence-corrected chi connectivity index (χ3v) is 12.9. The summed E-state index contributed by atoms with van der Waals surface area (Å²) >= 11 is -1.02. The molecule has 1 amide bonds. The number of aliphatic imine (C=N–C) groups is 2. The maximum absolute atomic E-state index is 13.3. The molecule has 0 aromatic heterocycles. The van der Waals surface area contributed by atoms with Gasteiger partial charge in [-0.25, -0.2) is 4.99 Å². The molecule has 0 radical (unpaired) electrons. The van der Waals surface area contributed by atoms with Crippen LogP contribution in [0.4, 0.5) is 0 Å². The summed E-state index contributed by atoms with van der Waals surface area (Å²) in [5, 5.41) is 3.71. The Bertz CT molecular complexity index is 1190. The number of benzene rings is 1. The van der Waals surface area contributed by atoms with Crippen molar-refractivity contribution in [3.63, 3.8) is 0 Å². The predicted octanol–water partition coefficient (Wildman–Crippen LogP) is 3.24. The average Bonchev–Trinajstić information content (AvgIpc) is 3.26. The normalized spacial score (nSPS) is 31.8. The Morgan fingerprint density at radius 2 is 1.71 bits per heavy atom. The van der Waals surface area contributed by atoms with E-state index in [2.05, 4.69) is 48.1 Å². The third kappa shape index (κ3) is 5.60. The highest BCUT2D eigenvalue weighted by molar-refractivity contribution is 7.94. The summed E-state index contributed by atoms with van der Waals surface area (Å²) in [6.45, 7) is 9.61. The van der Waals surface area contributed by atoms with Gasteiger partial charge >= 0.3 is 0 Å². The fraction of sp³-hybridized carbons (Fsp3) is 0.719. The number of fused-ring (bicyclic) bond motifs is 1. The zero-order chi connectivity index (χ0) is 29.5. The van der Waals surface area contributed by atoms with Crippen LogP contribution in [0.5, 0.6) is 0 Å². The first kappa shape index (κ1) is 29.9. The van der Waals surface area contributed by atoms with Gasteiger partial charge in [-0.05, 0) is 107 Å². The zero-order valence-electron chi connectivity index (χ0n) is 25.8. The molecule has 0 spiro atoms. The summed E-state index contributed by atoms with van der Waals surface area (Å²) in [5.41, 5.74) is 1.65. The van der Waals surface area contributed by atoms with Gasteiger partial charge in [0.25, 0.3) is 5.91 Å². The molecule has 4 fully saturated rings. The Morgan fingerprint density at radius 3 is 2.38 bits per heavy atom. The molecule has 1 N–H and O–H groups in total. The van der Waals surface area contributed by atoms with Crippen molar-refractivity contribution in [2.45, 2.75) is 87.1 Å². The van der Waals surface area contributed by atoms with Crippen LogP contribution < -0.4 is 5.32 Å². The van der Waals surface area contributed by atoms with Gasteiger partial charge in [0, 0.05) is 57.4 Å². The van der Waals surface area contributed by atoms with Crippen molar-refractivity contribution < 1.29 is 14.1 Å². The second kappa shape index (κ2) is 12.1. The Hall–Kier alpha value is -2.14. The van der Waals surface area contributed by atoms with E-state index < -0.39 is 21.5 Å². The zero-order valence-corrected chi connectivity index (χ0v) is 26.6. The van der Waals surface area contributed by atoms with Gasteiger partial charge in [-0.1, -0.05) is 12.1 Å². The second-order valence-electron chi connectivity index (χ2n) is 13.3. The summed E-state index contributed by atoms with van der Waals surface area (Å²) in [4.78, 5) is 30.1. The van der Waals surface area contributed by atoms with Crippen molar-refractivity contribution in [1.29, 1.82) is 0 Å². The Morgan fingerprint density at radius 1 is 1.05 bits per heavy atom. The molecule has 9 nitrogen and oxygen atoms in total. The van der Waals surface area contributed by atoms with Crippen LogP contribution in [-0.2, 0) is 15.9 Å². The lowest BCUT2D eigenvalue weighted by atomic mass is 9.82. The molecule has 2 unspecified atom stereocenters. The fourth-order valence-corrected chi connectivity index (χ4v) is 9.32. The first-order valence-corrected chi connectivity index (χ1v) is 17.2. The van der Waals surface area contributed by atoms with Gasteiger partial charge < -0.3 is 29.3 Å². The molecule has 5 aliphatic rings. The van der Waals surface area contributed by atoms with Gasteiger partial charge in [-0.15, -0.1) is 0 Å². The van der Waals surface area contributed by atoms with E-state index in [4.69, 9.17) is 14.7 Å². The standard InChI is InChI=1S/C32H48N6O3S/c1-31-15-22-42(40)32(31,2)29(33-26-13-20-41-21-14-26)34-30(35-31)38-18-9-24(10-19-38)23-5-7-25(8-6-23)28(39)37(4)27-11-16-36(3)17-12-27/h5-8,24,26-27H,9-22H2,1-4H3,(H,33,34,35)/t31?,32?,42-/m0/s1. The van der Waals surface area contributed by atoms with Gasteiger partial charge in [0.2, 0.25) is 10.7 Å². The Balaban J connectivity index is 1.10. The molecule has 0 saturated carbocycles. The van der Waals surface area contributed by atoms with Crippen molar-refractivity contribution in [3.05, 3.63) is 35.4 Å². The number of nitrogens with zero attached hydrogens (tertiary/aromatic N) is 5. The molecule has 1 aromatic carbocycles. The first-order valence-electron chi connectivity index (χ1n) is 15.9. The molecule has 10 heteroatoms. The summed E-state index contributed by atoms with van der Waals surface area (Å²) in [6, 6.07) is 8.95. The Kier molecular flexibility index (Phi) is 8.61. The van der Waals surface area contributed by atoms with E-state index in [-0.39, 0.29) is 5.91 Å². The maximum Gasteiger partial charge on any atom is 0.253 e. The van der Waals surface area contributed by atoms with Crippen LogP contribution in [0.3, 0.4) is 0 Å². The number of piperidine rings is 2. The molecule has 0 aliphatic carbocycles. The summed E-state index contributed by atoms with van der Waals surface area (Å²) in [5.74, 6) is 2.87. The summed E-state index contributed by atoms with van der Waals surface area (Å²) in [7, 11) is 4.10. The lowest BCUT2D eigenvalue weighted by molar-refractivity contribution is 0.0659. The highest BCUT2D eigenvalue weighted by Gasteiger charge is 2.65. The number of amides is 1. The van der Waals surface area contributed by atoms with Crippen LogP contribution in [0.15, 0.2) is 34.3 Å². The second-order valence-corrected chi connectivity index (χ2v) is 15.3. The molecule has 5 heterocycles. The number of carbonyl (C=O) groups excluding carboxylic acids is 1. The smallest absolute Gasteiger partial charge is 0.253 e. The number of ether oxygens (including phenoxy) is 1. The number of likely N-dealkylation sites (tertiary alicyclic amines) is 2. The number of rotatable bonds is 4. The number of carbonyl (C=O) groups is 1. The minimum absolute atomic E-state index is 0.123. The highest BCUT2D eigenvalue weighted by Crippen LogP contribution is 2.47. The molecule has 5 aliphatic heterocycles. The van der Waals surface area contributed by atoms with E-state index >= 15 is 0 Å². The maximum atomic E-state index is 13.3. The lowest BCUT2D eigenvalue weighted by Gasteiger charge is -2.43. The Labute approximate surface area is 254 Å². The van der Waals surface area contributed by atoms with Gasteiger partial charge in [0.15, 0.2) is 5.84 Å². The van der Waals surface area contributed by atoms with Crippen LogP contribution in [0.25, 0.3) is 0 Å². The number of hydrogen-bond acceptors (Lipinski definition) is 8. The minimum atomic E-state index is -1.02. The van der Waals surface area contributed by atoms with Gasteiger partial charge in [-0.2, -0.15) is 4.99 Å². The number of guanidine groups is 1. The number of nitrogens with one attached hydrogen (secondary N) is 1. The predicted molar refractivity (Wildman–Crippen MR) is 169 cm³/mol. The molecule has 4 saturated heterocycles. The number of hydrogen-bond donors (Lipinski definition) is 1. The molecule has 3 atom stereocenters. The molecule has 6 rings (SSSR count). The molecule has 1 aromatic rings. The van der Waals surface area contributed by atoms with Gasteiger partial charge in [0.1, 0.15) is 11.3 Å². The largest absolute Gasteiger partial charge is 0.616 e. The molecule has 230 valence electrons. The van der Waals surface area contributed by atoms with Crippen molar-refractivity contribution in [2.75, 3.05) is 59.2 Å². The minimum Gasteiger partial charge on any atom is -0.616 e. The van der Waals surface area contributed by atoms with E-state index in [1.54, 1.807) is 0 Å². The van der Waals surface area contributed by atoms with Crippen LogP contribution in [-0.4, -0.2) is 119 Å². The van der Waals surface area contributed by atoms with E-state index in [1.165, 1.54) is 5.56 Å². The summed E-state index contributed by atoms with van der Waals surface area (Å²) < 4.78 is 18.3. The SMILES string of the molecule is CN1CCC(N(C)C(=O)c2ccc(C3CCN(C4=NC5(C)CC[S@+]([O-])C5(C)C(NC5CCOCC5)=N4)CC3)cc2)CC1. The summed E-state index contributed by atoms with van der Waals surface area (Å²) in [6.07, 6.45) is 6.79.